The molecule has 0 spiro atoms. The van der Waals surface area contributed by atoms with E-state index in [0.29, 0.717) is 17.1 Å². The van der Waals surface area contributed by atoms with Gasteiger partial charge in [0.2, 0.25) is 0 Å². The summed E-state index contributed by atoms with van der Waals surface area (Å²) in [5.74, 6) is 1.13. The van der Waals surface area contributed by atoms with E-state index in [-0.39, 0.29) is 5.56 Å². The minimum Gasteiger partial charge on any atom is -0.316 e. The number of nitrogens with zero attached hydrogens (tertiary/aromatic N) is 2. The number of rotatable bonds is 4. The maximum Gasteiger partial charge on any atom is 0.255 e. The van der Waals surface area contributed by atoms with E-state index in [1.165, 1.54) is 35.4 Å². The third kappa shape index (κ3) is 4.18. The summed E-state index contributed by atoms with van der Waals surface area (Å²) in [6, 6.07) is 13.2. The van der Waals surface area contributed by atoms with Crippen LogP contribution in [0.3, 0.4) is 0 Å². The molecule has 3 aliphatic heterocycles. The fourth-order valence-electron chi connectivity index (χ4n) is 5.19. The van der Waals surface area contributed by atoms with Crippen molar-refractivity contribution in [2.24, 2.45) is 5.92 Å². The summed E-state index contributed by atoms with van der Waals surface area (Å²) in [7, 11) is 0. The highest BCUT2D eigenvalue weighted by molar-refractivity contribution is 8.00. The number of aromatic nitrogens is 1. The zero-order valence-electron chi connectivity index (χ0n) is 17.3. The lowest BCUT2D eigenvalue weighted by molar-refractivity contribution is 0.221. The summed E-state index contributed by atoms with van der Waals surface area (Å²) in [4.78, 5) is 17.0. The monoisotopic (exact) mass is 409 g/mol. The van der Waals surface area contributed by atoms with Crippen molar-refractivity contribution >= 4 is 11.8 Å². The van der Waals surface area contributed by atoms with Gasteiger partial charge in [0.15, 0.2) is 0 Å². The van der Waals surface area contributed by atoms with E-state index >= 15 is 0 Å². The summed E-state index contributed by atoms with van der Waals surface area (Å²) in [5, 5.41) is 4.21. The molecule has 154 valence electrons. The molecule has 0 unspecified atom stereocenters. The number of pyridine rings is 1. The van der Waals surface area contributed by atoms with E-state index in [9.17, 15) is 4.79 Å². The van der Waals surface area contributed by atoms with E-state index < -0.39 is 0 Å². The molecule has 0 aliphatic carbocycles. The lowest BCUT2D eigenvalue weighted by Crippen LogP contribution is -2.46. The zero-order valence-corrected chi connectivity index (χ0v) is 18.1. The first-order chi connectivity index (χ1) is 14.2. The van der Waals surface area contributed by atoms with Gasteiger partial charge in [0, 0.05) is 47.0 Å². The topological polar surface area (TPSA) is 37.3 Å². The molecule has 4 nitrogen and oxygen atoms in total. The van der Waals surface area contributed by atoms with Crippen LogP contribution in [0.4, 0.5) is 0 Å². The lowest BCUT2D eigenvalue weighted by atomic mass is 9.84. The zero-order chi connectivity index (χ0) is 19.8. The van der Waals surface area contributed by atoms with Crippen molar-refractivity contribution < 1.29 is 0 Å². The molecule has 0 saturated carbocycles. The van der Waals surface area contributed by atoms with Crippen LogP contribution in [0.2, 0.25) is 0 Å². The van der Waals surface area contributed by atoms with Gasteiger partial charge in [-0.05, 0) is 69.9 Å². The Kier molecular flexibility index (Phi) is 5.55. The van der Waals surface area contributed by atoms with Gasteiger partial charge < -0.3 is 9.88 Å². The molecule has 2 saturated heterocycles. The van der Waals surface area contributed by atoms with Crippen molar-refractivity contribution in [2.75, 3.05) is 26.2 Å². The maximum absolute atomic E-state index is 13.2. The Bertz CT molecular complexity index is 915. The Morgan fingerprint density at radius 3 is 2.66 bits per heavy atom. The highest BCUT2D eigenvalue weighted by atomic mass is 32.2. The van der Waals surface area contributed by atoms with E-state index in [2.05, 4.69) is 58.1 Å². The molecular formula is C24H31N3OS. The fraction of sp³-hybridized carbons (Fsp3) is 0.542. The predicted molar refractivity (Wildman–Crippen MR) is 120 cm³/mol. The Morgan fingerprint density at radius 1 is 1.07 bits per heavy atom. The molecule has 2 atom stereocenters. The van der Waals surface area contributed by atoms with Gasteiger partial charge in [-0.3, -0.25) is 9.69 Å². The first-order valence-electron chi connectivity index (χ1n) is 11.0. The standard InChI is InChI=1S/C24H31N3OS/c1-17-2-5-21(6-3-17)29-22-8-10-26(11-9-22)16-19-4-7-23-20-12-18(13-25-14-20)15-27(23)24(19)28/h2-7,18,20,22,25H,8-16H2,1H3/t18-,20+/m0/s1. The first-order valence-corrected chi connectivity index (χ1v) is 11.9. The van der Waals surface area contributed by atoms with Crippen molar-refractivity contribution in [1.82, 2.24) is 14.8 Å². The molecule has 29 heavy (non-hydrogen) atoms. The second-order valence-corrected chi connectivity index (χ2v) is 10.4. The number of hydrogen-bond acceptors (Lipinski definition) is 4. The summed E-state index contributed by atoms with van der Waals surface area (Å²) >= 11 is 2.01. The fourth-order valence-corrected chi connectivity index (χ4v) is 6.32. The van der Waals surface area contributed by atoms with E-state index in [1.54, 1.807) is 0 Å². The molecule has 2 bridgehead atoms. The van der Waals surface area contributed by atoms with Crippen molar-refractivity contribution in [1.29, 1.82) is 0 Å². The SMILES string of the molecule is Cc1ccc(SC2CCN(Cc3ccc4n(c3=O)C[C@@H]3CNC[C@H]4C3)CC2)cc1. The molecule has 0 amide bonds. The molecule has 5 heteroatoms. The average molecular weight is 410 g/mol. The molecule has 1 aromatic carbocycles. The van der Waals surface area contributed by atoms with Crippen molar-refractivity contribution in [3.8, 4) is 0 Å². The Balaban J connectivity index is 1.21. The molecule has 2 fully saturated rings. The Morgan fingerprint density at radius 2 is 1.86 bits per heavy atom. The molecule has 2 aromatic rings. The highest BCUT2D eigenvalue weighted by Gasteiger charge is 2.31. The van der Waals surface area contributed by atoms with Gasteiger partial charge in [0.25, 0.3) is 5.56 Å². The van der Waals surface area contributed by atoms with Crippen LogP contribution in [0.25, 0.3) is 0 Å². The lowest BCUT2D eigenvalue weighted by Gasteiger charge is -2.38. The smallest absolute Gasteiger partial charge is 0.255 e. The van der Waals surface area contributed by atoms with Gasteiger partial charge in [-0.15, -0.1) is 11.8 Å². The van der Waals surface area contributed by atoms with Crippen LogP contribution < -0.4 is 10.9 Å². The van der Waals surface area contributed by atoms with Crippen LogP contribution in [0, 0.1) is 12.8 Å². The van der Waals surface area contributed by atoms with E-state index in [0.717, 1.165) is 44.8 Å². The number of nitrogens with one attached hydrogen (secondary N) is 1. The molecular weight excluding hydrogens is 378 g/mol. The number of fused-ring (bicyclic) bond motifs is 4. The number of piperidine rings is 2. The van der Waals surface area contributed by atoms with Gasteiger partial charge in [-0.2, -0.15) is 0 Å². The molecule has 5 rings (SSSR count). The third-order valence-electron chi connectivity index (χ3n) is 6.84. The Hall–Kier alpha value is -1.56. The summed E-state index contributed by atoms with van der Waals surface area (Å²) < 4.78 is 2.09. The summed E-state index contributed by atoms with van der Waals surface area (Å²) in [6.07, 6.45) is 3.62. The summed E-state index contributed by atoms with van der Waals surface area (Å²) in [5.41, 5.74) is 3.80. The van der Waals surface area contributed by atoms with Gasteiger partial charge in [-0.1, -0.05) is 23.8 Å². The second-order valence-electron chi connectivity index (χ2n) is 9.06. The average Bonchev–Trinajstić information content (AvgIpc) is 2.74. The number of likely N-dealkylation sites (tertiary alicyclic amines) is 1. The van der Waals surface area contributed by atoms with Crippen LogP contribution in [0.15, 0.2) is 46.1 Å². The number of hydrogen-bond donors (Lipinski definition) is 1. The second kappa shape index (κ2) is 8.29. The molecule has 0 radical (unpaired) electrons. The predicted octanol–water partition coefficient (Wildman–Crippen LogP) is 3.62. The van der Waals surface area contributed by atoms with E-state index in [1.807, 2.05) is 11.8 Å². The number of thioether (sulfide) groups is 1. The normalized spacial score (nSPS) is 25.0. The minimum absolute atomic E-state index is 0.259. The minimum atomic E-state index is 0.259. The van der Waals surface area contributed by atoms with Crippen LogP contribution in [0.5, 0.6) is 0 Å². The van der Waals surface area contributed by atoms with Crippen LogP contribution in [-0.4, -0.2) is 40.9 Å². The van der Waals surface area contributed by atoms with Gasteiger partial charge in [0.1, 0.15) is 0 Å². The number of aryl methyl sites for hydroxylation is 1. The molecule has 3 aliphatic rings. The van der Waals surface area contributed by atoms with Gasteiger partial charge in [-0.25, -0.2) is 0 Å². The first kappa shape index (κ1) is 19.4. The van der Waals surface area contributed by atoms with Crippen LogP contribution in [0.1, 0.15) is 42.0 Å². The van der Waals surface area contributed by atoms with Crippen molar-refractivity contribution in [3.63, 3.8) is 0 Å². The van der Waals surface area contributed by atoms with Crippen LogP contribution in [-0.2, 0) is 13.1 Å². The maximum atomic E-state index is 13.2. The Labute approximate surface area is 177 Å². The highest BCUT2D eigenvalue weighted by Crippen LogP contribution is 2.33. The van der Waals surface area contributed by atoms with Crippen molar-refractivity contribution in [3.05, 3.63) is 63.6 Å². The van der Waals surface area contributed by atoms with Crippen LogP contribution >= 0.6 is 11.8 Å². The molecule has 1 aromatic heterocycles. The van der Waals surface area contributed by atoms with Gasteiger partial charge in [0.05, 0.1) is 0 Å². The van der Waals surface area contributed by atoms with Gasteiger partial charge >= 0.3 is 0 Å². The number of benzene rings is 1. The van der Waals surface area contributed by atoms with E-state index in [4.69, 9.17) is 0 Å². The third-order valence-corrected chi connectivity index (χ3v) is 8.19. The molecule has 1 N–H and O–H groups in total. The molecule has 4 heterocycles. The quantitative estimate of drug-likeness (QED) is 0.837. The van der Waals surface area contributed by atoms with Crippen molar-refractivity contribution in [2.45, 2.75) is 55.3 Å². The summed E-state index contributed by atoms with van der Waals surface area (Å²) in [6.45, 7) is 8.06. The largest absolute Gasteiger partial charge is 0.316 e.